The zero-order valence-electron chi connectivity index (χ0n) is 7.60. The number of nitrogens with two attached hydrogens (primary N) is 1. The standard InChI is InChI=1S/C7H17ClN4/c1-6(10-2)4-3-5-11-7(9)12-8/h6,10H,3-5H2,1-2H3,(H3,9,11,12). The van der Waals surface area contributed by atoms with Crippen LogP contribution in [-0.2, 0) is 0 Å². The molecule has 0 spiro atoms. The third-order valence-corrected chi connectivity index (χ3v) is 1.86. The number of hydrogen-bond acceptors (Lipinski definition) is 2. The van der Waals surface area contributed by atoms with E-state index in [1.165, 1.54) is 0 Å². The van der Waals surface area contributed by atoms with E-state index in [1.54, 1.807) is 0 Å². The molecule has 72 valence electrons. The summed E-state index contributed by atoms with van der Waals surface area (Å²) < 4.78 is 0. The van der Waals surface area contributed by atoms with Crippen LogP contribution in [0.25, 0.3) is 0 Å². The molecule has 0 bridgehead atoms. The fraction of sp³-hybridized carbons (Fsp3) is 0.857. The molecule has 12 heavy (non-hydrogen) atoms. The van der Waals surface area contributed by atoms with Gasteiger partial charge in [-0.3, -0.25) is 9.83 Å². The quantitative estimate of drug-likeness (QED) is 0.256. The van der Waals surface area contributed by atoms with Crippen LogP contribution in [-0.4, -0.2) is 25.6 Å². The van der Waals surface area contributed by atoms with Crippen molar-refractivity contribution in [3.05, 3.63) is 0 Å². The first-order valence-electron chi connectivity index (χ1n) is 4.04. The molecule has 0 radical (unpaired) electrons. The highest BCUT2D eigenvalue weighted by molar-refractivity contribution is 6.21. The van der Waals surface area contributed by atoms with Gasteiger partial charge >= 0.3 is 0 Å². The summed E-state index contributed by atoms with van der Waals surface area (Å²) in [5, 5.41) is 3.15. The van der Waals surface area contributed by atoms with Crippen molar-refractivity contribution in [2.45, 2.75) is 25.8 Å². The number of nitrogens with zero attached hydrogens (tertiary/aromatic N) is 1. The summed E-state index contributed by atoms with van der Waals surface area (Å²) in [6.45, 7) is 2.85. The van der Waals surface area contributed by atoms with Crippen LogP contribution < -0.4 is 15.9 Å². The summed E-state index contributed by atoms with van der Waals surface area (Å²) in [5.74, 6) is 0.286. The number of hydrogen-bond donors (Lipinski definition) is 3. The highest BCUT2D eigenvalue weighted by Crippen LogP contribution is 1.95. The van der Waals surface area contributed by atoms with Crippen molar-refractivity contribution in [3.8, 4) is 0 Å². The lowest BCUT2D eigenvalue weighted by molar-refractivity contribution is 0.546. The number of nitrogens with one attached hydrogen (secondary N) is 2. The molecule has 0 amide bonds. The van der Waals surface area contributed by atoms with Crippen molar-refractivity contribution in [2.75, 3.05) is 13.6 Å². The van der Waals surface area contributed by atoms with Crippen molar-refractivity contribution >= 4 is 17.7 Å². The predicted octanol–water partition coefficient (Wildman–Crippen LogP) is 0.433. The molecule has 0 saturated heterocycles. The van der Waals surface area contributed by atoms with E-state index in [2.05, 4.69) is 22.1 Å². The first-order valence-corrected chi connectivity index (χ1v) is 4.42. The Morgan fingerprint density at radius 2 is 2.33 bits per heavy atom. The van der Waals surface area contributed by atoms with Crippen LogP contribution in [0.4, 0.5) is 0 Å². The zero-order valence-corrected chi connectivity index (χ0v) is 8.36. The minimum atomic E-state index is 0.286. The normalized spacial score (nSPS) is 14.4. The zero-order chi connectivity index (χ0) is 9.40. The number of rotatable bonds is 5. The third-order valence-electron chi connectivity index (χ3n) is 1.67. The van der Waals surface area contributed by atoms with E-state index in [4.69, 9.17) is 17.5 Å². The SMILES string of the molecule is CNC(C)CCCN=C(N)NCl. The molecule has 0 saturated carbocycles. The number of guanidine groups is 1. The van der Waals surface area contributed by atoms with Gasteiger partial charge in [0.05, 0.1) is 0 Å². The molecule has 5 heteroatoms. The molecule has 4 N–H and O–H groups in total. The van der Waals surface area contributed by atoms with Gasteiger partial charge in [-0.1, -0.05) is 0 Å². The minimum absolute atomic E-state index is 0.286. The van der Waals surface area contributed by atoms with Crippen LogP contribution in [0.2, 0.25) is 0 Å². The van der Waals surface area contributed by atoms with Crippen LogP contribution in [0.3, 0.4) is 0 Å². The summed E-state index contributed by atoms with van der Waals surface area (Å²) in [4.78, 5) is 6.22. The highest BCUT2D eigenvalue weighted by Gasteiger charge is 1.96. The molecule has 0 aliphatic heterocycles. The summed E-state index contributed by atoms with van der Waals surface area (Å²) in [7, 11) is 1.95. The smallest absolute Gasteiger partial charge is 0.203 e. The molecule has 0 fully saturated rings. The Balaban J connectivity index is 3.32. The first-order chi connectivity index (χ1) is 5.70. The Morgan fingerprint density at radius 1 is 1.67 bits per heavy atom. The third kappa shape index (κ3) is 6.24. The maximum Gasteiger partial charge on any atom is 0.203 e. The van der Waals surface area contributed by atoms with E-state index in [-0.39, 0.29) is 5.96 Å². The van der Waals surface area contributed by atoms with Gasteiger partial charge in [-0.15, -0.1) is 0 Å². The summed E-state index contributed by atoms with van der Waals surface area (Å²) >= 11 is 5.20. The molecular formula is C7H17ClN4. The molecule has 0 aliphatic carbocycles. The Bertz CT molecular complexity index is 137. The van der Waals surface area contributed by atoms with Crippen molar-refractivity contribution in [3.63, 3.8) is 0 Å². The molecule has 0 aromatic carbocycles. The average molecular weight is 193 g/mol. The second-order valence-electron chi connectivity index (χ2n) is 2.69. The van der Waals surface area contributed by atoms with Crippen LogP contribution >= 0.6 is 11.8 Å². The van der Waals surface area contributed by atoms with Gasteiger partial charge in [0.15, 0.2) is 0 Å². The van der Waals surface area contributed by atoms with E-state index >= 15 is 0 Å². The number of aliphatic imine (C=N–C) groups is 1. The minimum Gasteiger partial charge on any atom is -0.369 e. The van der Waals surface area contributed by atoms with Crippen LogP contribution in [0, 0.1) is 0 Å². The Hall–Kier alpha value is -0.480. The van der Waals surface area contributed by atoms with E-state index < -0.39 is 0 Å². The van der Waals surface area contributed by atoms with E-state index in [9.17, 15) is 0 Å². The maximum absolute atomic E-state index is 5.31. The topological polar surface area (TPSA) is 62.4 Å². The number of halogens is 1. The lowest BCUT2D eigenvalue weighted by Gasteiger charge is -2.07. The highest BCUT2D eigenvalue weighted by atomic mass is 35.5. The van der Waals surface area contributed by atoms with Gasteiger partial charge in [0, 0.05) is 24.4 Å². The van der Waals surface area contributed by atoms with Crippen LogP contribution in [0.15, 0.2) is 4.99 Å². The Labute approximate surface area is 78.7 Å². The van der Waals surface area contributed by atoms with Crippen molar-refractivity contribution in [1.82, 2.24) is 10.2 Å². The fourth-order valence-electron chi connectivity index (χ4n) is 0.771. The fourth-order valence-corrected chi connectivity index (χ4v) is 0.831. The van der Waals surface area contributed by atoms with Gasteiger partial charge in [-0.2, -0.15) is 0 Å². The summed E-state index contributed by atoms with van der Waals surface area (Å²) in [5.41, 5.74) is 5.31. The predicted molar refractivity (Wildman–Crippen MR) is 53.2 cm³/mol. The van der Waals surface area contributed by atoms with Crippen molar-refractivity contribution in [2.24, 2.45) is 10.7 Å². The first kappa shape index (κ1) is 11.5. The van der Waals surface area contributed by atoms with Crippen LogP contribution in [0.1, 0.15) is 19.8 Å². The van der Waals surface area contributed by atoms with E-state index in [0.29, 0.717) is 6.04 Å². The maximum atomic E-state index is 5.31. The lowest BCUT2D eigenvalue weighted by Crippen LogP contribution is -2.24. The summed E-state index contributed by atoms with van der Waals surface area (Å²) in [6, 6.07) is 0.533. The second kappa shape index (κ2) is 7.18. The van der Waals surface area contributed by atoms with Gasteiger partial charge in [0.25, 0.3) is 0 Å². The summed E-state index contributed by atoms with van der Waals surface area (Å²) in [6.07, 6.45) is 2.11. The molecule has 1 atom stereocenters. The van der Waals surface area contributed by atoms with Gasteiger partial charge in [0.1, 0.15) is 0 Å². The molecule has 4 nitrogen and oxygen atoms in total. The lowest BCUT2D eigenvalue weighted by atomic mass is 10.2. The molecule has 1 unspecified atom stereocenters. The molecular weight excluding hydrogens is 176 g/mol. The van der Waals surface area contributed by atoms with Crippen molar-refractivity contribution < 1.29 is 0 Å². The van der Waals surface area contributed by atoms with E-state index in [1.807, 2.05) is 7.05 Å². The Morgan fingerprint density at radius 3 is 2.83 bits per heavy atom. The second-order valence-corrected chi connectivity index (χ2v) is 2.88. The largest absolute Gasteiger partial charge is 0.369 e. The monoisotopic (exact) mass is 192 g/mol. The van der Waals surface area contributed by atoms with Gasteiger partial charge < -0.3 is 11.1 Å². The molecule has 0 heterocycles. The van der Waals surface area contributed by atoms with Gasteiger partial charge in [0.2, 0.25) is 5.96 Å². The molecule has 0 aromatic heterocycles. The van der Waals surface area contributed by atoms with Crippen LogP contribution in [0.5, 0.6) is 0 Å². The van der Waals surface area contributed by atoms with Gasteiger partial charge in [-0.05, 0) is 26.8 Å². The Kier molecular flexibility index (Phi) is 6.90. The van der Waals surface area contributed by atoms with Crippen molar-refractivity contribution in [1.29, 1.82) is 0 Å². The van der Waals surface area contributed by atoms with Gasteiger partial charge in [-0.25, -0.2) is 0 Å². The molecule has 0 aliphatic rings. The van der Waals surface area contributed by atoms with E-state index in [0.717, 1.165) is 19.4 Å². The molecule has 0 aromatic rings. The average Bonchev–Trinajstić information content (AvgIpc) is 2.11. The molecule has 0 rings (SSSR count).